The van der Waals surface area contributed by atoms with Gasteiger partial charge in [-0.05, 0) is 6.42 Å². The Bertz CT molecular complexity index is 306. The zero-order valence-corrected chi connectivity index (χ0v) is 9.64. The van der Waals surface area contributed by atoms with E-state index in [1.807, 2.05) is 0 Å². The van der Waals surface area contributed by atoms with Gasteiger partial charge in [-0.25, -0.2) is 0 Å². The zero-order chi connectivity index (χ0) is 11.1. The van der Waals surface area contributed by atoms with Gasteiger partial charge in [-0.1, -0.05) is 0 Å². The van der Waals surface area contributed by atoms with Crippen molar-refractivity contribution >= 4 is 35.0 Å². The van der Waals surface area contributed by atoms with Crippen LogP contribution >= 0.6 is 23.2 Å². The number of amides is 2. The van der Waals surface area contributed by atoms with Gasteiger partial charge >= 0.3 is 0 Å². The first-order valence-corrected chi connectivity index (χ1v) is 5.69. The lowest BCUT2D eigenvalue weighted by molar-refractivity contribution is -0.132. The highest BCUT2D eigenvalue weighted by Crippen LogP contribution is 2.53. The van der Waals surface area contributed by atoms with Crippen LogP contribution in [0.25, 0.3) is 0 Å². The van der Waals surface area contributed by atoms with Gasteiger partial charge in [0.15, 0.2) is 0 Å². The van der Waals surface area contributed by atoms with E-state index in [0.29, 0.717) is 32.5 Å². The lowest BCUT2D eigenvalue weighted by atomic mass is 10.3. The molecule has 0 radical (unpaired) electrons. The molecule has 4 nitrogen and oxygen atoms in total. The summed E-state index contributed by atoms with van der Waals surface area (Å²) >= 11 is 11.7. The van der Waals surface area contributed by atoms with E-state index in [4.69, 9.17) is 23.2 Å². The highest BCUT2D eigenvalue weighted by Gasteiger charge is 2.57. The van der Waals surface area contributed by atoms with Crippen LogP contribution in [0.5, 0.6) is 0 Å². The first kappa shape index (κ1) is 11.0. The van der Waals surface area contributed by atoms with Crippen LogP contribution in [0.3, 0.4) is 0 Å². The highest BCUT2D eigenvalue weighted by molar-refractivity contribution is 6.52. The van der Waals surface area contributed by atoms with Crippen LogP contribution in [0.2, 0.25) is 0 Å². The van der Waals surface area contributed by atoms with E-state index in [-0.39, 0.29) is 17.7 Å². The first-order chi connectivity index (χ1) is 7.00. The second kappa shape index (κ2) is 3.83. The van der Waals surface area contributed by atoms with E-state index in [1.165, 1.54) is 0 Å². The molecule has 0 aromatic carbocycles. The lowest BCUT2D eigenvalue weighted by Gasteiger charge is -2.19. The molecule has 0 unspecified atom stereocenters. The average molecular weight is 251 g/mol. The number of nitrogens with one attached hydrogen (secondary N) is 1. The normalized spacial score (nSPS) is 29.3. The van der Waals surface area contributed by atoms with Crippen molar-refractivity contribution in [1.29, 1.82) is 0 Å². The van der Waals surface area contributed by atoms with Crippen molar-refractivity contribution < 1.29 is 9.59 Å². The summed E-state index contributed by atoms with van der Waals surface area (Å²) in [6.45, 7) is 1.52. The number of carbonyl (C=O) groups excluding carboxylic acids is 2. The maximum absolute atomic E-state index is 11.9. The Kier molecular flexibility index (Phi) is 2.81. The highest BCUT2D eigenvalue weighted by atomic mass is 35.5. The molecule has 0 spiro atoms. The summed E-state index contributed by atoms with van der Waals surface area (Å²) in [5, 5.41) is 2.71. The fourth-order valence-corrected chi connectivity index (χ4v) is 2.18. The van der Waals surface area contributed by atoms with E-state index >= 15 is 0 Å². The smallest absolute Gasteiger partial charge is 0.228 e. The molecule has 2 aliphatic rings. The van der Waals surface area contributed by atoms with Gasteiger partial charge in [-0.3, -0.25) is 9.59 Å². The SMILES string of the molecule is O=C1CCN(C(=O)[C@H]2CC2(Cl)Cl)CCN1. The first-order valence-electron chi connectivity index (χ1n) is 4.94. The van der Waals surface area contributed by atoms with Gasteiger partial charge in [-0.15, -0.1) is 23.2 Å². The number of alkyl halides is 2. The molecule has 1 saturated carbocycles. The average Bonchev–Trinajstić information content (AvgIpc) is 2.84. The summed E-state index contributed by atoms with van der Waals surface area (Å²) in [5.41, 5.74) is 0. The van der Waals surface area contributed by atoms with Crippen LogP contribution in [0.4, 0.5) is 0 Å². The summed E-state index contributed by atoms with van der Waals surface area (Å²) in [7, 11) is 0. The summed E-state index contributed by atoms with van der Waals surface area (Å²) in [6, 6.07) is 0. The van der Waals surface area contributed by atoms with E-state index in [0.717, 1.165) is 0 Å². The van der Waals surface area contributed by atoms with Crippen LogP contribution in [-0.2, 0) is 9.59 Å². The van der Waals surface area contributed by atoms with Crippen LogP contribution in [0.1, 0.15) is 12.8 Å². The number of hydrogen-bond acceptors (Lipinski definition) is 2. The predicted octanol–water partition coefficient (Wildman–Crippen LogP) is 0.529. The molecule has 1 heterocycles. The fraction of sp³-hybridized carbons (Fsp3) is 0.778. The minimum Gasteiger partial charge on any atom is -0.354 e. The van der Waals surface area contributed by atoms with Gasteiger partial charge in [0.05, 0.1) is 5.92 Å². The third kappa shape index (κ3) is 2.37. The van der Waals surface area contributed by atoms with Crippen LogP contribution < -0.4 is 5.32 Å². The van der Waals surface area contributed by atoms with Gasteiger partial charge < -0.3 is 10.2 Å². The monoisotopic (exact) mass is 250 g/mol. The molecule has 15 heavy (non-hydrogen) atoms. The van der Waals surface area contributed by atoms with Gasteiger partial charge in [0.2, 0.25) is 11.8 Å². The summed E-state index contributed by atoms with van der Waals surface area (Å²) in [6.07, 6.45) is 0.878. The van der Waals surface area contributed by atoms with E-state index in [9.17, 15) is 9.59 Å². The molecule has 1 saturated heterocycles. The molecular formula is C9H12Cl2N2O2. The minimum atomic E-state index is -0.874. The van der Waals surface area contributed by atoms with Crippen molar-refractivity contribution in [2.75, 3.05) is 19.6 Å². The van der Waals surface area contributed by atoms with Crippen molar-refractivity contribution in [3.63, 3.8) is 0 Å². The molecule has 0 aromatic heterocycles. The Hall–Kier alpha value is -0.480. The summed E-state index contributed by atoms with van der Waals surface area (Å²) < 4.78 is -0.874. The zero-order valence-electron chi connectivity index (χ0n) is 8.13. The van der Waals surface area contributed by atoms with Gasteiger partial charge in [-0.2, -0.15) is 0 Å². The molecule has 0 bridgehead atoms. The predicted molar refractivity (Wildman–Crippen MR) is 56.8 cm³/mol. The molecule has 2 fully saturated rings. The molecule has 2 rings (SSSR count). The van der Waals surface area contributed by atoms with Crippen molar-refractivity contribution in [2.45, 2.75) is 17.2 Å². The second-order valence-electron chi connectivity index (χ2n) is 3.94. The van der Waals surface area contributed by atoms with Gasteiger partial charge in [0.1, 0.15) is 4.33 Å². The minimum absolute atomic E-state index is 0.0101. The number of halogens is 2. The fourth-order valence-electron chi connectivity index (χ4n) is 1.69. The Morgan fingerprint density at radius 1 is 1.47 bits per heavy atom. The molecular weight excluding hydrogens is 239 g/mol. The maximum Gasteiger partial charge on any atom is 0.228 e. The quantitative estimate of drug-likeness (QED) is 0.691. The summed E-state index contributed by atoms with van der Waals surface area (Å²) in [4.78, 5) is 24.6. The third-order valence-electron chi connectivity index (χ3n) is 2.75. The Labute approximate surface area is 97.9 Å². The van der Waals surface area contributed by atoms with E-state index in [2.05, 4.69) is 5.32 Å². The van der Waals surface area contributed by atoms with Gasteiger partial charge in [0.25, 0.3) is 0 Å². The number of rotatable bonds is 1. The van der Waals surface area contributed by atoms with Crippen molar-refractivity contribution in [1.82, 2.24) is 10.2 Å². The lowest BCUT2D eigenvalue weighted by Crippen LogP contribution is -2.36. The number of carbonyl (C=O) groups is 2. The van der Waals surface area contributed by atoms with Crippen LogP contribution in [-0.4, -0.2) is 40.7 Å². The van der Waals surface area contributed by atoms with Crippen molar-refractivity contribution in [3.05, 3.63) is 0 Å². The molecule has 0 aromatic rings. The third-order valence-corrected chi connectivity index (χ3v) is 3.58. The van der Waals surface area contributed by atoms with Crippen molar-refractivity contribution in [3.8, 4) is 0 Å². The maximum atomic E-state index is 11.9. The van der Waals surface area contributed by atoms with E-state index < -0.39 is 4.33 Å². The Morgan fingerprint density at radius 2 is 2.13 bits per heavy atom. The number of hydrogen-bond donors (Lipinski definition) is 1. The number of nitrogens with zero attached hydrogens (tertiary/aromatic N) is 1. The largest absolute Gasteiger partial charge is 0.354 e. The summed E-state index contributed by atoms with van der Waals surface area (Å²) in [5.74, 6) is -0.324. The van der Waals surface area contributed by atoms with Crippen LogP contribution in [0.15, 0.2) is 0 Å². The van der Waals surface area contributed by atoms with Crippen LogP contribution in [0, 0.1) is 5.92 Å². The standard InChI is InChI=1S/C9H12Cl2N2O2/c10-9(11)5-6(9)8(15)13-3-1-7(14)12-2-4-13/h6H,1-5H2,(H,12,14)/t6-/m1/s1. The molecule has 1 atom stereocenters. The van der Waals surface area contributed by atoms with Gasteiger partial charge in [0, 0.05) is 26.1 Å². The van der Waals surface area contributed by atoms with Crippen molar-refractivity contribution in [2.24, 2.45) is 5.92 Å². The Balaban J connectivity index is 1.93. The molecule has 1 N–H and O–H groups in total. The van der Waals surface area contributed by atoms with E-state index in [1.54, 1.807) is 4.90 Å². The second-order valence-corrected chi connectivity index (χ2v) is 5.49. The topological polar surface area (TPSA) is 49.4 Å². The molecule has 1 aliphatic heterocycles. The molecule has 6 heteroatoms. The Morgan fingerprint density at radius 3 is 2.73 bits per heavy atom. The molecule has 1 aliphatic carbocycles. The molecule has 2 amide bonds. The molecule has 84 valence electrons.